The Kier molecular flexibility index (Phi) is 2.73. The van der Waals surface area contributed by atoms with E-state index in [-0.39, 0.29) is 6.10 Å². The van der Waals surface area contributed by atoms with E-state index in [0.717, 1.165) is 25.7 Å². The predicted molar refractivity (Wildman–Crippen MR) is 44.6 cm³/mol. The van der Waals surface area contributed by atoms with Crippen LogP contribution in [0.3, 0.4) is 0 Å². The van der Waals surface area contributed by atoms with E-state index in [4.69, 9.17) is 4.74 Å². The molecule has 1 rings (SSSR count). The van der Waals surface area contributed by atoms with Crippen LogP contribution in [0.1, 0.15) is 39.5 Å². The van der Waals surface area contributed by atoms with Crippen molar-refractivity contribution < 1.29 is 14.6 Å². The molecule has 1 aliphatic carbocycles. The molecule has 0 radical (unpaired) electrons. The molecule has 0 bridgehead atoms. The van der Waals surface area contributed by atoms with Crippen molar-refractivity contribution in [1.29, 1.82) is 0 Å². The number of carbonyl (C=O) groups excluding carboxylic acids is 1. The standard InChI is InChI=1S/C9H16O3/c1-9(2,11)8(10)12-7-5-3-4-6-7/h7,11H,3-6H2,1-2H3. The van der Waals surface area contributed by atoms with Crippen molar-refractivity contribution in [2.45, 2.75) is 51.2 Å². The number of carbonyl (C=O) groups is 1. The van der Waals surface area contributed by atoms with E-state index in [2.05, 4.69) is 0 Å². The summed E-state index contributed by atoms with van der Waals surface area (Å²) in [5.41, 5.74) is -1.34. The van der Waals surface area contributed by atoms with E-state index < -0.39 is 11.6 Å². The predicted octanol–water partition coefficient (Wildman–Crippen LogP) is 1.24. The van der Waals surface area contributed by atoms with Gasteiger partial charge in [0.15, 0.2) is 5.60 Å². The second-order valence-corrected chi connectivity index (χ2v) is 3.87. The quantitative estimate of drug-likeness (QED) is 0.637. The Balaban J connectivity index is 2.35. The molecule has 1 saturated carbocycles. The van der Waals surface area contributed by atoms with Gasteiger partial charge in [-0.3, -0.25) is 0 Å². The maximum absolute atomic E-state index is 11.1. The van der Waals surface area contributed by atoms with Gasteiger partial charge in [-0.15, -0.1) is 0 Å². The third-order valence-corrected chi connectivity index (χ3v) is 2.08. The molecule has 70 valence electrons. The van der Waals surface area contributed by atoms with E-state index in [1.54, 1.807) is 0 Å². The fourth-order valence-electron chi connectivity index (χ4n) is 1.30. The number of aliphatic hydroxyl groups is 1. The Morgan fingerprint density at radius 3 is 2.33 bits per heavy atom. The summed E-state index contributed by atoms with van der Waals surface area (Å²) in [4.78, 5) is 11.1. The van der Waals surface area contributed by atoms with Crippen molar-refractivity contribution in [3.63, 3.8) is 0 Å². The molecule has 0 spiro atoms. The summed E-state index contributed by atoms with van der Waals surface area (Å²) in [5.74, 6) is -0.505. The third kappa shape index (κ3) is 2.48. The highest BCUT2D eigenvalue weighted by Crippen LogP contribution is 2.22. The van der Waals surface area contributed by atoms with Gasteiger partial charge >= 0.3 is 5.97 Å². The van der Waals surface area contributed by atoms with Crippen LogP contribution in [0.2, 0.25) is 0 Å². The second kappa shape index (κ2) is 3.44. The molecule has 0 unspecified atom stereocenters. The van der Waals surface area contributed by atoms with Gasteiger partial charge in [0.25, 0.3) is 0 Å². The van der Waals surface area contributed by atoms with E-state index in [0.29, 0.717) is 0 Å². The molecule has 0 heterocycles. The van der Waals surface area contributed by atoms with Gasteiger partial charge in [0.05, 0.1) is 0 Å². The molecule has 0 saturated heterocycles. The van der Waals surface area contributed by atoms with Crippen molar-refractivity contribution in [2.24, 2.45) is 0 Å². The minimum absolute atomic E-state index is 0.0453. The minimum Gasteiger partial charge on any atom is -0.460 e. The van der Waals surface area contributed by atoms with Gasteiger partial charge < -0.3 is 9.84 Å². The number of ether oxygens (including phenoxy) is 1. The first-order chi connectivity index (χ1) is 5.50. The summed E-state index contributed by atoms with van der Waals surface area (Å²) in [6.07, 6.45) is 4.20. The first-order valence-corrected chi connectivity index (χ1v) is 4.43. The Morgan fingerprint density at radius 2 is 1.92 bits per heavy atom. The molecule has 0 atom stereocenters. The number of hydrogen-bond acceptors (Lipinski definition) is 3. The monoisotopic (exact) mass is 172 g/mol. The molecule has 0 aromatic rings. The molecule has 3 nitrogen and oxygen atoms in total. The molecule has 1 N–H and O–H groups in total. The zero-order valence-electron chi connectivity index (χ0n) is 7.67. The SMILES string of the molecule is CC(C)(O)C(=O)OC1CCCC1. The van der Waals surface area contributed by atoms with Crippen LogP contribution in [-0.2, 0) is 9.53 Å². The van der Waals surface area contributed by atoms with Gasteiger partial charge in [-0.2, -0.15) is 0 Å². The maximum atomic E-state index is 11.1. The Labute approximate surface area is 72.7 Å². The van der Waals surface area contributed by atoms with Crippen LogP contribution in [0, 0.1) is 0 Å². The molecule has 0 amide bonds. The second-order valence-electron chi connectivity index (χ2n) is 3.87. The highest BCUT2D eigenvalue weighted by atomic mass is 16.6. The van der Waals surface area contributed by atoms with Crippen LogP contribution in [0.5, 0.6) is 0 Å². The first kappa shape index (κ1) is 9.52. The molecular formula is C9H16O3. The largest absolute Gasteiger partial charge is 0.460 e. The van der Waals surface area contributed by atoms with E-state index in [1.165, 1.54) is 13.8 Å². The van der Waals surface area contributed by atoms with Gasteiger partial charge in [0, 0.05) is 0 Å². The Bertz CT molecular complexity index is 163. The van der Waals surface area contributed by atoms with Gasteiger partial charge in [0.1, 0.15) is 6.10 Å². The fraction of sp³-hybridized carbons (Fsp3) is 0.889. The zero-order chi connectivity index (χ0) is 9.19. The summed E-state index contributed by atoms with van der Waals surface area (Å²) >= 11 is 0. The lowest BCUT2D eigenvalue weighted by molar-refractivity contribution is -0.167. The van der Waals surface area contributed by atoms with Crippen molar-refractivity contribution in [3.05, 3.63) is 0 Å². The molecule has 12 heavy (non-hydrogen) atoms. The van der Waals surface area contributed by atoms with E-state index >= 15 is 0 Å². The maximum Gasteiger partial charge on any atom is 0.337 e. The summed E-state index contributed by atoms with van der Waals surface area (Å²) in [6.45, 7) is 2.90. The number of rotatable bonds is 2. The van der Waals surface area contributed by atoms with Gasteiger partial charge in [-0.25, -0.2) is 4.79 Å². The summed E-state index contributed by atoms with van der Waals surface area (Å²) < 4.78 is 5.09. The Morgan fingerprint density at radius 1 is 1.42 bits per heavy atom. The highest BCUT2D eigenvalue weighted by molar-refractivity contribution is 5.78. The van der Waals surface area contributed by atoms with Gasteiger partial charge in [-0.1, -0.05) is 0 Å². The average Bonchev–Trinajstić information content (AvgIpc) is 2.37. The summed E-state index contributed by atoms with van der Waals surface area (Å²) in [6, 6.07) is 0. The van der Waals surface area contributed by atoms with Gasteiger partial charge in [0.2, 0.25) is 0 Å². The fourth-order valence-corrected chi connectivity index (χ4v) is 1.30. The van der Waals surface area contributed by atoms with Crippen LogP contribution in [0.4, 0.5) is 0 Å². The third-order valence-electron chi connectivity index (χ3n) is 2.08. The van der Waals surface area contributed by atoms with Crippen molar-refractivity contribution in [2.75, 3.05) is 0 Å². The smallest absolute Gasteiger partial charge is 0.337 e. The van der Waals surface area contributed by atoms with Crippen LogP contribution in [-0.4, -0.2) is 22.8 Å². The normalized spacial score (nSPS) is 19.6. The van der Waals surface area contributed by atoms with Crippen LogP contribution in [0.15, 0.2) is 0 Å². The molecule has 1 fully saturated rings. The molecule has 0 aromatic heterocycles. The summed E-state index contributed by atoms with van der Waals surface area (Å²) in [7, 11) is 0. The van der Waals surface area contributed by atoms with E-state index in [9.17, 15) is 9.90 Å². The lowest BCUT2D eigenvalue weighted by Crippen LogP contribution is -2.35. The Hall–Kier alpha value is -0.570. The van der Waals surface area contributed by atoms with E-state index in [1.807, 2.05) is 0 Å². The van der Waals surface area contributed by atoms with Gasteiger partial charge in [-0.05, 0) is 39.5 Å². The number of hydrogen-bond donors (Lipinski definition) is 1. The average molecular weight is 172 g/mol. The van der Waals surface area contributed by atoms with Crippen LogP contribution in [0.25, 0.3) is 0 Å². The summed E-state index contributed by atoms with van der Waals surface area (Å²) in [5, 5.41) is 9.27. The zero-order valence-corrected chi connectivity index (χ0v) is 7.67. The van der Waals surface area contributed by atoms with Crippen molar-refractivity contribution in [1.82, 2.24) is 0 Å². The molecular weight excluding hydrogens is 156 g/mol. The lowest BCUT2D eigenvalue weighted by Gasteiger charge is -2.19. The highest BCUT2D eigenvalue weighted by Gasteiger charge is 2.29. The minimum atomic E-state index is -1.34. The van der Waals surface area contributed by atoms with Crippen LogP contribution >= 0.6 is 0 Å². The molecule has 0 aromatic carbocycles. The van der Waals surface area contributed by atoms with Crippen molar-refractivity contribution in [3.8, 4) is 0 Å². The first-order valence-electron chi connectivity index (χ1n) is 4.43. The van der Waals surface area contributed by atoms with Crippen molar-refractivity contribution >= 4 is 5.97 Å². The lowest BCUT2D eigenvalue weighted by atomic mass is 10.1. The topological polar surface area (TPSA) is 46.5 Å². The molecule has 0 aliphatic heterocycles. The van der Waals surface area contributed by atoms with Crippen LogP contribution < -0.4 is 0 Å². The molecule has 1 aliphatic rings. The number of esters is 1. The molecule has 3 heteroatoms.